The Hall–Kier alpha value is -1.30. The van der Waals surface area contributed by atoms with Gasteiger partial charge in [-0.2, -0.15) is 0 Å². The van der Waals surface area contributed by atoms with Crippen molar-refractivity contribution in [2.75, 3.05) is 6.54 Å². The number of carboxylic acid groups (broad SMARTS) is 1. The van der Waals surface area contributed by atoms with E-state index in [9.17, 15) is 9.59 Å². The molecule has 0 saturated heterocycles. The molecule has 0 radical (unpaired) electrons. The van der Waals surface area contributed by atoms with Gasteiger partial charge in [-0.3, -0.25) is 9.59 Å². The first-order chi connectivity index (χ1) is 8.41. The Labute approximate surface area is 114 Å². The van der Waals surface area contributed by atoms with Crippen molar-refractivity contribution in [3.8, 4) is 0 Å². The number of carboxylic acids is 1. The van der Waals surface area contributed by atoms with Gasteiger partial charge in [0.25, 0.3) is 5.91 Å². The predicted octanol–water partition coefficient (Wildman–Crippen LogP) is 2.02. The minimum absolute atomic E-state index is 0.147. The van der Waals surface area contributed by atoms with E-state index in [0.29, 0.717) is 25.1 Å². The molecule has 0 aliphatic carbocycles. The largest absolute Gasteiger partial charge is 0.481 e. The zero-order valence-electron chi connectivity index (χ0n) is 10.4. The first-order valence-corrected chi connectivity index (χ1v) is 6.54. The molecule has 1 aromatic rings. The summed E-state index contributed by atoms with van der Waals surface area (Å²) in [6.07, 6.45) is 3.03. The molecular formula is C12H17BrN2O3. The van der Waals surface area contributed by atoms with Crippen LogP contribution in [-0.2, 0) is 11.8 Å². The summed E-state index contributed by atoms with van der Waals surface area (Å²) in [6, 6.07) is 1.75. The second-order valence-corrected chi connectivity index (χ2v) is 5.21. The summed E-state index contributed by atoms with van der Waals surface area (Å²) in [7, 11) is 1.80. The van der Waals surface area contributed by atoms with Crippen LogP contribution in [0.15, 0.2) is 16.7 Å². The minimum atomic E-state index is -0.798. The van der Waals surface area contributed by atoms with E-state index in [1.54, 1.807) is 30.8 Å². The predicted molar refractivity (Wildman–Crippen MR) is 71.5 cm³/mol. The molecule has 100 valence electrons. The molecule has 0 saturated carbocycles. The van der Waals surface area contributed by atoms with Crippen LogP contribution in [0.25, 0.3) is 0 Å². The summed E-state index contributed by atoms with van der Waals surface area (Å²) < 4.78 is 2.59. The van der Waals surface area contributed by atoms with Gasteiger partial charge in [0.2, 0.25) is 0 Å². The molecule has 1 atom stereocenters. The lowest BCUT2D eigenvalue weighted by molar-refractivity contribution is -0.141. The Kier molecular flexibility index (Phi) is 5.40. The summed E-state index contributed by atoms with van der Waals surface area (Å²) in [4.78, 5) is 22.4. The van der Waals surface area contributed by atoms with Crippen molar-refractivity contribution in [2.45, 2.75) is 19.8 Å². The Bertz CT molecular complexity index is 443. The molecular weight excluding hydrogens is 300 g/mol. The van der Waals surface area contributed by atoms with Crippen LogP contribution < -0.4 is 5.32 Å². The van der Waals surface area contributed by atoms with Crippen LogP contribution >= 0.6 is 15.9 Å². The van der Waals surface area contributed by atoms with E-state index in [0.717, 1.165) is 4.47 Å². The highest BCUT2D eigenvalue weighted by Gasteiger charge is 2.12. The molecule has 0 aliphatic heterocycles. The topological polar surface area (TPSA) is 71.3 Å². The maximum Gasteiger partial charge on any atom is 0.306 e. The van der Waals surface area contributed by atoms with Crippen LogP contribution in [0.1, 0.15) is 30.3 Å². The molecule has 1 heterocycles. The number of nitrogens with one attached hydrogen (secondary N) is 1. The van der Waals surface area contributed by atoms with Gasteiger partial charge in [0, 0.05) is 24.3 Å². The average molecular weight is 317 g/mol. The number of carbonyl (C=O) groups is 2. The quantitative estimate of drug-likeness (QED) is 0.789. The SMILES string of the molecule is CC(CCCNC(=O)c1cc(Br)cn1C)C(=O)O. The van der Waals surface area contributed by atoms with Crippen molar-refractivity contribution >= 4 is 27.8 Å². The smallest absolute Gasteiger partial charge is 0.306 e. The van der Waals surface area contributed by atoms with Crippen LogP contribution in [0.2, 0.25) is 0 Å². The van der Waals surface area contributed by atoms with Gasteiger partial charge >= 0.3 is 5.97 Å². The molecule has 1 rings (SSSR count). The normalized spacial score (nSPS) is 12.2. The molecule has 0 bridgehead atoms. The summed E-state index contributed by atoms with van der Waals surface area (Å²) >= 11 is 3.30. The number of amides is 1. The molecule has 1 unspecified atom stereocenters. The van der Waals surface area contributed by atoms with Crippen LogP contribution in [0, 0.1) is 5.92 Å². The van der Waals surface area contributed by atoms with Crippen molar-refractivity contribution in [3.05, 3.63) is 22.4 Å². The third kappa shape index (κ3) is 4.18. The molecule has 1 amide bonds. The van der Waals surface area contributed by atoms with E-state index in [-0.39, 0.29) is 11.8 Å². The van der Waals surface area contributed by atoms with Crippen molar-refractivity contribution in [3.63, 3.8) is 0 Å². The van der Waals surface area contributed by atoms with Crippen LogP contribution in [-0.4, -0.2) is 28.1 Å². The highest BCUT2D eigenvalue weighted by atomic mass is 79.9. The Morgan fingerprint density at radius 3 is 2.72 bits per heavy atom. The first-order valence-electron chi connectivity index (χ1n) is 5.74. The molecule has 0 fully saturated rings. The number of hydrogen-bond donors (Lipinski definition) is 2. The second-order valence-electron chi connectivity index (χ2n) is 4.29. The summed E-state index contributed by atoms with van der Waals surface area (Å²) in [5, 5.41) is 11.5. The van der Waals surface area contributed by atoms with Gasteiger partial charge in [0.15, 0.2) is 0 Å². The molecule has 5 nitrogen and oxygen atoms in total. The number of aliphatic carboxylic acids is 1. The summed E-state index contributed by atoms with van der Waals surface area (Å²) in [5.41, 5.74) is 0.577. The summed E-state index contributed by atoms with van der Waals surface area (Å²) in [6.45, 7) is 2.15. The average Bonchev–Trinajstić information content (AvgIpc) is 2.63. The number of hydrogen-bond acceptors (Lipinski definition) is 2. The number of carbonyl (C=O) groups excluding carboxylic acids is 1. The lowest BCUT2D eigenvalue weighted by Crippen LogP contribution is -2.26. The third-order valence-electron chi connectivity index (χ3n) is 2.73. The maximum atomic E-state index is 11.8. The lowest BCUT2D eigenvalue weighted by atomic mass is 10.1. The van der Waals surface area contributed by atoms with Crippen molar-refractivity contribution in [1.29, 1.82) is 0 Å². The molecule has 0 spiro atoms. The standard InChI is InChI=1S/C12H17BrN2O3/c1-8(12(17)18)4-3-5-14-11(16)10-6-9(13)7-15(10)2/h6-8H,3-5H2,1-2H3,(H,14,16)(H,17,18). The van der Waals surface area contributed by atoms with Gasteiger partial charge in [-0.05, 0) is 34.8 Å². The number of rotatable bonds is 6. The fourth-order valence-electron chi connectivity index (χ4n) is 1.57. The molecule has 6 heteroatoms. The van der Waals surface area contributed by atoms with Gasteiger partial charge in [0.1, 0.15) is 5.69 Å². The zero-order valence-corrected chi connectivity index (χ0v) is 12.0. The maximum absolute atomic E-state index is 11.8. The third-order valence-corrected chi connectivity index (χ3v) is 3.16. The van der Waals surface area contributed by atoms with Gasteiger partial charge in [0.05, 0.1) is 5.92 Å². The van der Waals surface area contributed by atoms with E-state index >= 15 is 0 Å². The Balaban J connectivity index is 2.34. The van der Waals surface area contributed by atoms with Crippen LogP contribution in [0.4, 0.5) is 0 Å². The van der Waals surface area contributed by atoms with Crippen molar-refractivity contribution in [2.24, 2.45) is 13.0 Å². The second kappa shape index (κ2) is 6.58. The fourth-order valence-corrected chi connectivity index (χ4v) is 2.10. The molecule has 1 aromatic heterocycles. The van der Waals surface area contributed by atoms with E-state index < -0.39 is 5.97 Å². The Morgan fingerprint density at radius 2 is 2.22 bits per heavy atom. The number of aryl methyl sites for hydroxylation is 1. The summed E-state index contributed by atoms with van der Waals surface area (Å²) in [5.74, 6) is -1.31. The number of aromatic nitrogens is 1. The molecule has 18 heavy (non-hydrogen) atoms. The highest BCUT2D eigenvalue weighted by Crippen LogP contribution is 2.13. The van der Waals surface area contributed by atoms with Crippen LogP contribution in [0.3, 0.4) is 0 Å². The van der Waals surface area contributed by atoms with Gasteiger partial charge < -0.3 is 15.0 Å². The van der Waals surface area contributed by atoms with Crippen molar-refractivity contribution in [1.82, 2.24) is 9.88 Å². The van der Waals surface area contributed by atoms with Gasteiger partial charge in [-0.25, -0.2) is 0 Å². The number of nitrogens with zero attached hydrogens (tertiary/aromatic N) is 1. The highest BCUT2D eigenvalue weighted by molar-refractivity contribution is 9.10. The zero-order chi connectivity index (χ0) is 13.7. The van der Waals surface area contributed by atoms with E-state index in [4.69, 9.17) is 5.11 Å². The number of halogens is 1. The van der Waals surface area contributed by atoms with Crippen molar-refractivity contribution < 1.29 is 14.7 Å². The monoisotopic (exact) mass is 316 g/mol. The molecule has 2 N–H and O–H groups in total. The first kappa shape index (κ1) is 14.8. The van der Waals surface area contributed by atoms with E-state index in [1.165, 1.54) is 0 Å². The minimum Gasteiger partial charge on any atom is -0.481 e. The Morgan fingerprint density at radius 1 is 1.56 bits per heavy atom. The lowest BCUT2D eigenvalue weighted by Gasteiger charge is -2.07. The molecule has 0 aromatic carbocycles. The van der Waals surface area contributed by atoms with Gasteiger partial charge in [-0.1, -0.05) is 6.92 Å². The van der Waals surface area contributed by atoms with E-state index in [1.807, 2.05) is 0 Å². The van der Waals surface area contributed by atoms with E-state index in [2.05, 4.69) is 21.2 Å². The van der Waals surface area contributed by atoms with Crippen LogP contribution in [0.5, 0.6) is 0 Å². The molecule has 0 aliphatic rings. The van der Waals surface area contributed by atoms with Gasteiger partial charge in [-0.15, -0.1) is 0 Å². The fraction of sp³-hybridized carbons (Fsp3) is 0.500.